The van der Waals surface area contributed by atoms with Crippen molar-refractivity contribution in [1.82, 2.24) is 0 Å². The third-order valence-electron chi connectivity index (χ3n) is 0. The van der Waals surface area contributed by atoms with Crippen LogP contribution in [0.25, 0.3) is 5.41 Å². The van der Waals surface area contributed by atoms with Gasteiger partial charge in [0.25, 0.3) is 0 Å². The van der Waals surface area contributed by atoms with E-state index >= 15 is 0 Å². The number of halogens is 2. The largest absolute Gasteiger partial charge is 0.750 e. The van der Waals surface area contributed by atoms with Gasteiger partial charge in [-0.15, -0.1) is 0 Å². The zero-order valence-corrected chi connectivity index (χ0v) is 1.70. The van der Waals surface area contributed by atoms with Crippen molar-refractivity contribution < 1.29 is 8.78 Å². The maximum absolute atomic E-state index is 9.81. The van der Waals surface area contributed by atoms with Gasteiger partial charge in [-0.05, 0) is 0 Å². The van der Waals surface area contributed by atoms with Gasteiger partial charge in [-0.2, -0.15) is 0 Å². The number of hydrogen-bond donors (Lipinski definition) is 0. The second-order valence-corrected chi connectivity index (χ2v) is 0.240. The molecule has 0 aliphatic rings. The molecule has 0 aromatic heterocycles. The van der Waals surface area contributed by atoms with Crippen molar-refractivity contribution in [3.63, 3.8) is 0 Å². The number of nitrogens with zero attached hydrogens (tertiary/aromatic N) is 1. The van der Waals surface area contributed by atoms with Gasteiger partial charge in [0.2, 0.25) is 0 Å². The summed E-state index contributed by atoms with van der Waals surface area (Å²) in [5, 5.41) is 6.64. The molecule has 0 aliphatic heterocycles. The van der Waals surface area contributed by atoms with Gasteiger partial charge >= 0.3 is 0 Å². The maximum atomic E-state index is 9.81. The summed E-state index contributed by atoms with van der Waals surface area (Å²) in [5.74, 6) is 0. The summed E-state index contributed by atoms with van der Waals surface area (Å²) in [5.41, 5.74) is 0. The lowest BCUT2D eigenvalue weighted by atomic mass is 11.5. The average Bonchev–Trinajstić information content (AvgIpc) is 0.811. The fraction of sp³-hybridized carbons (Fsp3) is 0. The Morgan fingerprint density at radius 3 is 1.50 bits per heavy atom. The highest BCUT2D eigenvalue weighted by molar-refractivity contribution is 5.66. The van der Waals surface area contributed by atoms with E-state index in [0.717, 1.165) is 0 Å². The molecule has 0 bridgehead atoms. The fourth-order valence-electron chi connectivity index (χ4n) is 0. The summed E-state index contributed by atoms with van der Waals surface area (Å²) in [6.07, 6.45) is -2.58. The summed E-state index contributed by atoms with van der Waals surface area (Å²) in [4.78, 5) is 0. The van der Waals surface area contributed by atoms with E-state index in [1.54, 1.807) is 0 Å². The molecule has 0 saturated carbocycles. The van der Waals surface area contributed by atoms with Gasteiger partial charge in [-0.3, -0.25) is 0 Å². The van der Waals surface area contributed by atoms with Crippen LogP contribution < -0.4 is 0 Å². The summed E-state index contributed by atoms with van der Waals surface area (Å²) in [6.45, 7) is 0. The van der Waals surface area contributed by atoms with Crippen LogP contribution >= 0.6 is 0 Å². The van der Waals surface area contributed by atoms with Crippen molar-refractivity contribution in [2.24, 2.45) is 0 Å². The van der Waals surface area contributed by atoms with Crippen LogP contribution in [0.3, 0.4) is 0 Å². The van der Waals surface area contributed by atoms with E-state index in [1.165, 1.54) is 0 Å². The van der Waals surface area contributed by atoms with Crippen molar-refractivity contribution >= 4 is 6.22 Å². The van der Waals surface area contributed by atoms with Gasteiger partial charge in [0.15, 0.2) is 6.22 Å². The monoisotopic (exact) mass is 64.0 g/mol. The Kier molecular flexibility index (Phi) is 0.817. The molecule has 0 heterocycles. The summed E-state index contributed by atoms with van der Waals surface area (Å²) in [6, 6.07) is 0. The SMILES string of the molecule is [N-]=C(F)F. The van der Waals surface area contributed by atoms with Crippen molar-refractivity contribution in [1.29, 1.82) is 0 Å². The molecule has 0 amide bonds. The molecule has 1 nitrogen and oxygen atoms in total. The van der Waals surface area contributed by atoms with E-state index in [1.807, 2.05) is 0 Å². The third-order valence-corrected chi connectivity index (χ3v) is 0. The Hall–Kier alpha value is -0.470. The Labute approximate surface area is 21.8 Å². The topological polar surface area (TPSA) is 22.3 Å². The highest BCUT2D eigenvalue weighted by atomic mass is 19.3. The Morgan fingerprint density at radius 1 is 1.50 bits per heavy atom. The minimum Gasteiger partial charge on any atom is -0.750 e. The van der Waals surface area contributed by atoms with Crippen molar-refractivity contribution in [2.75, 3.05) is 0 Å². The number of hydrogen-bond acceptors (Lipinski definition) is 0. The van der Waals surface area contributed by atoms with E-state index in [2.05, 4.69) is 0 Å². The van der Waals surface area contributed by atoms with Crippen LogP contribution in [0.15, 0.2) is 0 Å². The van der Waals surface area contributed by atoms with Crippen molar-refractivity contribution in [3.8, 4) is 0 Å². The molecule has 0 rings (SSSR count). The molecule has 0 saturated heterocycles. The van der Waals surface area contributed by atoms with E-state index in [-0.39, 0.29) is 0 Å². The van der Waals surface area contributed by atoms with Gasteiger partial charge in [-0.1, -0.05) is 0 Å². The van der Waals surface area contributed by atoms with Gasteiger partial charge < -0.3 is 5.41 Å². The van der Waals surface area contributed by atoms with Crippen LogP contribution in [0.5, 0.6) is 0 Å². The van der Waals surface area contributed by atoms with Gasteiger partial charge in [-0.25, -0.2) is 8.78 Å². The zero-order valence-electron chi connectivity index (χ0n) is 1.70. The smallest absolute Gasteiger partial charge is 0.153 e. The Morgan fingerprint density at radius 2 is 1.50 bits per heavy atom. The minimum absolute atomic E-state index is 2.58. The highest BCUT2D eigenvalue weighted by Gasteiger charge is 1.53. The molecular formula is CF2N-. The van der Waals surface area contributed by atoms with Crippen LogP contribution in [-0.4, -0.2) is 6.22 Å². The quantitative estimate of drug-likeness (QED) is 0.372. The first-order valence-electron chi connectivity index (χ1n) is 0.602. The molecule has 0 unspecified atom stereocenters. The van der Waals surface area contributed by atoms with Gasteiger partial charge in [0.05, 0.1) is 0 Å². The normalized spacial score (nSPS) is 6.50. The first-order chi connectivity index (χ1) is 1.73. The first kappa shape index (κ1) is 3.53. The van der Waals surface area contributed by atoms with Crippen LogP contribution in [0.2, 0.25) is 0 Å². The highest BCUT2D eigenvalue weighted by Crippen LogP contribution is 1.68. The van der Waals surface area contributed by atoms with Crippen molar-refractivity contribution in [3.05, 3.63) is 5.41 Å². The molecular weight excluding hydrogens is 64.0 g/mol. The number of rotatable bonds is 0. The molecule has 4 heavy (non-hydrogen) atoms. The summed E-state index contributed by atoms with van der Waals surface area (Å²) in [7, 11) is 0. The van der Waals surface area contributed by atoms with Crippen molar-refractivity contribution in [2.45, 2.75) is 0 Å². The average molecular weight is 64.0 g/mol. The van der Waals surface area contributed by atoms with Crippen LogP contribution in [0.1, 0.15) is 0 Å². The van der Waals surface area contributed by atoms with Crippen LogP contribution in [0.4, 0.5) is 8.78 Å². The zero-order chi connectivity index (χ0) is 3.58. The predicted octanol–water partition coefficient (Wildman–Crippen LogP) is 0.851. The third kappa shape index (κ3) is 1.95. The second-order valence-electron chi connectivity index (χ2n) is 0.240. The van der Waals surface area contributed by atoms with E-state index in [9.17, 15) is 8.78 Å². The van der Waals surface area contributed by atoms with Gasteiger partial charge in [0, 0.05) is 0 Å². The molecule has 0 spiro atoms. The maximum Gasteiger partial charge on any atom is 0.153 e. The lowest BCUT2D eigenvalue weighted by Crippen LogP contribution is -1.56. The molecule has 0 aromatic carbocycles. The molecule has 0 atom stereocenters. The molecule has 0 N–H and O–H groups in total. The standard InChI is InChI=1S/CF2N/c2-1(3)4/q-1. The fourth-order valence-corrected chi connectivity index (χ4v) is 0. The van der Waals surface area contributed by atoms with Gasteiger partial charge in [0.1, 0.15) is 0 Å². The summed E-state index contributed by atoms with van der Waals surface area (Å²) < 4.78 is 19.6. The molecule has 0 aliphatic carbocycles. The van der Waals surface area contributed by atoms with E-state index < -0.39 is 6.22 Å². The second kappa shape index (κ2) is 0.925. The molecule has 0 radical (unpaired) electrons. The molecule has 0 fully saturated rings. The molecule has 24 valence electrons. The first-order valence-corrected chi connectivity index (χ1v) is 0.602. The summed E-state index contributed by atoms with van der Waals surface area (Å²) >= 11 is 0. The minimum atomic E-state index is -2.58. The lowest BCUT2D eigenvalue weighted by molar-refractivity contribution is 0.632. The van der Waals surface area contributed by atoms with E-state index in [4.69, 9.17) is 5.41 Å². The Bertz CT molecular complexity index is 29.0. The molecule has 3 heteroatoms. The van der Waals surface area contributed by atoms with Crippen LogP contribution in [-0.2, 0) is 0 Å². The predicted molar refractivity (Wildman–Crippen MR) is 10.6 cm³/mol. The molecule has 0 aromatic rings. The Balaban J connectivity index is 2.80. The van der Waals surface area contributed by atoms with E-state index in [0.29, 0.717) is 0 Å². The lowest BCUT2D eigenvalue weighted by Gasteiger charge is -1.70. The van der Waals surface area contributed by atoms with Crippen LogP contribution in [0, 0.1) is 0 Å².